The van der Waals surface area contributed by atoms with E-state index in [0.29, 0.717) is 65.0 Å². The number of ether oxygens (including phenoxy) is 7. The maximum Gasteiger partial charge on any atom is 0.306 e. The van der Waals surface area contributed by atoms with Crippen LogP contribution in [0.2, 0.25) is 0 Å². The summed E-state index contributed by atoms with van der Waals surface area (Å²) in [6.07, 6.45) is 44.9. The molecule has 486 valence electrons. The van der Waals surface area contributed by atoms with Crippen molar-refractivity contribution in [2.75, 3.05) is 66.3 Å². The van der Waals surface area contributed by atoms with Gasteiger partial charge in [-0.15, -0.1) is 0 Å². The summed E-state index contributed by atoms with van der Waals surface area (Å²) in [5.74, 6) is -1.77. The number of rotatable bonds is 58. The molecule has 1 amide bonds. The molecule has 14 nitrogen and oxygen atoms in total. The zero-order valence-electron chi connectivity index (χ0n) is 54.6. The third-order valence-corrected chi connectivity index (χ3v) is 15.3. The lowest BCUT2D eigenvalue weighted by Crippen LogP contribution is -2.48. The second-order valence-electron chi connectivity index (χ2n) is 23.0. The smallest absolute Gasteiger partial charge is 0.306 e. The molecule has 0 aliphatic carbocycles. The Balaban J connectivity index is 3.24. The van der Waals surface area contributed by atoms with Crippen LogP contribution in [0, 0.1) is 5.92 Å². The first kappa shape index (κ1) is 78.3. The van der Waals surface area contributed by atoms with Crippen molar-refractivity contribution < 1.29 is 57.1 Å². The highest BCUT2D eigenvalue weighted by atomic mass is 16.7. The summed E-state index contributed by atoms with van der Waals surface area (Å²) in [7, 11) is 2.05. The van der Waals surface area contributed by atoms with Gasteiger partial charge in [0.2, 0.25) is 5.91 Å². The first-order valence-electron chi connectivity index (χ1n) is 34.1. The SMILES string of the molecule is CC/C=C\CCCCOC(CCCCC(=O)OCC(COC(=O)CCCCC(OCCCC/C=C\CC)OCCCC/C=C\CC)N(CCC(=O)C1CCN(C)CC1)C(=O)CCC(=O)OC(CCC)CCCCCC)OCCCC/C=C\CC. The number of ketones is 1. The fourth-order valence-electron chi connectivity index (χ4n) is 10.1. The van der Waals surface area contributed by atoms with Gasteiger partial charge in [0.15, 0.2) is 12.6 Å². The lowest BCUT2D eigenvalue weighted by atomic mass is 9.91. The van der Waals surface area contributed by atoms with Crippen LogP contribution in [0.25, 0.3) is 0 Å². The third-order valence-electron chi connectivity index (χ3n) is 15.3. The predicted octanol–water partition coefficient (Wildman–Crippen LogP) is 16.4. The Morgan fingerprint density at radius 1 is 0.452 bits per heavy atom. The number of likely N-dealkylation sites (tertiary alicyclic amines) is 1. The Morgan fingerprint density at radius 3 is 1.31 bits per heavy atom. The van der Waals surface area contributed by atoms with Crippen LogP contribution in [0.4, 0.5) is 0 Å². The summed E-state index contributed by atoms with van der Waals surface area (Å²) in [4.78, 5) is 72.6. The molecule has 1 unspecified atom stereocenters. The van der Waals surface area contributed by atoms with Gasteiger partial charge in [0.05, 0.1) is 12.5 Å². The zero-order valence-corrected chi connectivity index (χ0v) is 54.6. The number of Topliss-reactive ketones (excluding diaryl/α,β-unsaturated/α-hetero) is 1. The maximum atomic E-state index is 14.5. The van der Waals surface area contributed by atoms with Gasteiger partial charge in [0.25, 0.3) is 0 Å². The van der Waals surface area contributed by atoms with Crippen LogP contribution < -0.4 is 0 Å². The van der Waals surface area contributed by atoms with E-state index in [4.69, 9.17) is 33.2 Å². The molecule has 0 spiro atoms. The Hall–Kier alpha value is -3.69. The van der Waals surface area contributed by atoms with Crippen LogP contribution in [-0.4, -0.2) is 130 Å². The Bertz CT molecular complexity index is 1600. The molecule has 0 bridgehead atoms. The van der Waals surface area contributed by atoms with Crippen molar-refractivity contribution in [2.24, 2.45) is 5.92 Å². The molecule has 0 N–H and O–H groups in total. The molecule has 1 rings (SSSR count). The van der Waals surface area contributed by atoms with Gasteiger partial charge in [-0.25, -0.2) is 0 Å². The van der Waals surface area contributed by atoms with Crippen molar-refractivity contribution in [1.29, 1.82) is 0 Å². The van der Waals surface area contributed by atoms with Crippen molar-refractivity contribution in [2.45, 2.75) is 297 Å². The number of amides is 1. The van der Waals surface area contributed by atoms with Crippen LogP contribution >= 0.6 is 0 Å². The second kappa shape index (κ2) is 57.1. The number of carbonyl (C=O) groups is 5. The molecule has 1 saturated heterocycles. The number of piperidine rings is 1. The normalized spacial score (nSPS) is 13.9. The van der Waals surface area contributed by atoms with E-state index in [0.717, 1.165) is 174 Å². The lowest BCUT2D eigenvalue weighted by Gasteiger charge is -2.32. The van der Waals surface area contributed by atoms with Gasteiger partial charge in [0, 0.05) is 64.6 Å². The molecule has 1 atom stereocenters. The average Bonchev–Trinajstić information content (AvgIpc) is 3.69. The van der Waals surface area contributed by atoms with Crippen molar-refractivity contribution >= 4 is 29.6 Å². The molecule has 0 saturated carbocycles. The fourth-order valence-corrected chi connectivity index (χ4v) is 10.1. The monoisotopic (exact) mass is 1180 g/mol. The summed E-state index contributed by atoms with van der Waals surface area (Å²) >= 11 is 0. The summed E-state index contributed by atoms with van der Waals surface area (Å²) < 4.78 is 42.7. The number of nitrogens with zero attached hydrogens (tertiary/aromatic N) is 2. The highest BCUT2D eigenvalue weighted by molar-refractivity contribution is 5.84. The van der Waals surface area contributed by atoms with Crippen LogP contribution in [0.5, 0.6) is 0 Å². The van der Waals surface area contributed by atoms with Crippen LogP contribution in [0.3, 0.4) is 0 Å². The highest BCUT2D eigenvalue weighted by Gasteiger charge is 2.30. The van der Waals surface area contributed by atoms with E-state index in [9.17, 15) is 24.0 Å². The van der Waals surface area contributed by atoms with Gasteiger partial charge in [-0.2, -0.15) is 0 Å². The summed E-state index contributed by atoms with van der Waals surface area (Å²) in [6.45, 7) is 16.4. The second-order valence-corrected chi connectivity index (χ2v) is 23.0. The first-order chi connectivity index (χ1) is 41.0. The minimum absolute atomic E-state index is 0.0350. The van der Waals surface area contributed by atoms with Gasteiger partial charge >= 0.3 is 17.9 Å². The van der Waals surface area contributed by atoms with Crippen LogP contribution in [0.1, 0.15) is 273 Å². The summed E-state index contributed by atoms with van der Waals surface area (Å²) in [5.41, 5.74) is 0. The standard InChI is InChI=1S/C70H124N2O12/c1-8-14-19-24-28-37-55-78-69(79-56-38-29-25-20-15-9-2)45-35-33-43-66(75)82-59-62(60-83-67(76)44-34-36-46-70(80-57-39-30-26-21-16-10-3)81-58-40-31-27-22-17-11-4)72(54-51-64(73)61-49-52-71(7)53-50-61)65(74)47-48-68(77)84-63(41-13-6)42-32-23-18-12-5/h14-17,19-22,61-63,69-70H,8-13,18,23-60H2,1-7H3/b19-14-,20-15-,21-16-,22-17-. The quantitative estimate of drug-likeness (QED) is 0.0187. The van der Waals surface area contributed by atoms with Crippen molar-refractivity contribution in [3.8, 4) is 0 Å². The zero-order chi connectivity index (χ0) is 61.4. The van der Waals surface area contributed by atoms with E-state index in [1.807, 2.05) is 0 Å². The van der Waals surface area contributed by atoms with Gasteiger partial charge in [-0.05, 0) is 193 Å². The van der Waals surface area contributed by atoms with Crippen LogP contribution in [-0.2, 0) is 57.1 Å². The number of allylic oxidation sites excluding steroid dienone is 8. The minimum Gasteiger partial charge on any atom is -0.463 e. The summed E-state index contributed by atoms with van der Waals surface area (Å²) in [5, 5.41) is 0. The Kier molecular flexibility index (Phi) is 53.2. The molecule has 14 heteroatoms. The summed E-state index contributed by atoms with van der Waals surface area (Å²) in [6, 6.07) is -0.889. The molecule has 1 heterocycles. The van der Waals surface area contributed by atoms with Gasteiger partial charge in [-0.1, -0.05) is 116 Å². The molecular weight excluding hydrogens is 1060 g/mol. The van der Waals surface area contributed by atoms with Crippen LogP contribution in [0.15, 0.2) is 48.6 Å². The molecule has 1 fully saturated rings. The van der Waals surface area contributed by atoms with E-state index >= 15 is 0 Å². The van der Waals surface area contributed by atoms with E-state index in [2.05, 4.69) is 102 Å². The first-order valence-corrected chi connectivity index (χ1v) is 34.1. The Labute approximate surface area is 512 Å². The molecule has 1 aliphatic heterocycles. The Morgan fingerprint density at radius 2 is 0.893 bits per heavy atom. The molecule has 0 aromatic rings. The fraction of sp³-hybridized carbons (Fsp3) is 0.814. The average molecular weight is 1190 g/mol. The van der Waals surface area contributed by atoms with Crippen molar-refractivity contribution in [1.82, 2.24) is 9.80 Å². The molecule has 1 aliphatic rings. The van der Waals surface area contributed by atoms with E-state index < -0.39 is 29.9 Å². The van der Waals surface area contributed by atoms with Crippen molar-refractivity contribution in [3.63, 3.8) is 0 Å². The van der Waals surface area contributed by atoms with E-state index in [1.165, 1.54) is 4.90 Å². The molecule has 0 aromatic heterocycles. The van der Waals surface area contributed by atoms with E-state index in [1.54, 1.807) is 0 Å². The van der Waals surface area contributed by atoms with Crippen molar-refractivity contribution in [3.05, 3.63) is 48.6 Å². The number of unbranched alkanes of at least 4 members (excludes halogenated alkanes) is 13. The molecule has 0 aromatic carbocycles. The molecule has 0 radical (unpaired) electrons. The van der Waals surface area contributed by atoms with E-state index in [-0.39, 0.29) is 82.2 Å². The predicted molar refractivity (Wildman–Crippen MR) is 341 cm³/mol. The highest BCUT2D eigenvalue weighted by Crippen LogP contribution is 2.22. The van der Waals surface area contributed by atoms with Gasteiger partial charge in [-0.3, -0.25) is 24.0 Å². The third kappa shape index (κ3) is 45.6. The number of carbonyl (C=O) groups excluding carboxylic acids is 5. The topological polar surface area (TPSA) is 156 Å². The molecule has 84 heavy (non-hydrogen) atoms. The largest absolute Gasteiger partial charge is 0.463 e. The maximum absolute atomic E-state index is 14.5. The molecular formula is C70H124N2O12. The number of hydrogen-bond donors (Lipinski definition) is 0. The number of esters is 3. The number of hydrogen-bond acceptors (Lipinski definition) is 13. The minimum atomic E-state index is -0.889. The van der Waals surface area contributed by atoms with Gasteiger partial charge < -0.3 is 43.0 Å². The van der Waals surface area contributed by atoms with Gasteiger partial charge in [0.1, 0.15) is 25.1 Å². The lowest BCUT2D eigenvalue weighted by molar-refractivity contribution is -0.156.